The Bertz CT molecular complexity index is 623. The van der Waals surface area contributed by atoms with E-state index in [1.807, 2.05) is 13.0 Å². The number of benzene rings is 1. The lowest BCUT2D eigenvalue weighted by atomic mass is 10.1. The van der Waals surface area contributed by atoms with Crippen molar-refractivity contribution in [3.63, 3.8) is 0 Å². The Morgan fingerprint density at radius 2 is 2.00 bits per heavy atom. The maximum atomic E-state index is 11.9. The molecule has 0 atom stereocenters. The van der Waals surface area contributed by atoms with E-state index in [1.165, 1.54) is 0 Å². The first kappa shape index (κ1) is 14.8. The van der Waals surface area contributed by atoms with Crippen LogP contribution in [-0.4, -0.2) is 26.1 Å². The summed E-state index contributed by atoms with van der Waals surface area (Å²) in [5.74, 6) is 0.0944. The maximum Gasteiger partial charge on any atom is 0.235 e. The third-order valence-electron chi connectivity index (χ3n) is 3.45. The van der Waals surface area contributed by atoms with Crippen molar-refractivity contribution in [2.75, 3.05) is 16.2 Å². The summed E-state index contributed by atoms with van der Waals surface area (Å²) in [5, 5.41) is -0.499. The van der Waals surface area contributed by atoms with E-state index in [0.717, 1.165) is 17.7 Å². The SMILES string of the molecule is Cc1ccc(NS(=O)(=O)C(C)C)cc1N1CCCC1=O. The van der Waals surface area contributed by atoms with E-state index in [9.17, 15) is 13.2 Å². The molecule has 0 aromatic heterocycles. The fourth-order valence-corrected chi connectivity index (χ4v) is 2.84. The highest BCUT2D eigenvalue weighted by atomic mass is 32.2. The summed E-state index contributed by atoms with van der Waals surface area (Å²) in [6, 6.07) is 5.29. The fourth-order valence-electron chi connectivity index (χ4n) is 2.15. The first-order valence-electron chi connectivity index (χ1n) is 6.74. The molecule has 0 bridgehead atoms. The summed E-state index contributed by atoms with van der Waals surface area (Å²) in [4.78, 5) is 13.5. The molecule has 1 aromatic rings. The van der Waals surface area contributed by atoms with Crippen molar-refractivity contribution in [1.29, 1.82) is 0 Å². The van der Waals surface area contributed by atoms with Gasteiger partial charge in [-0.25, -0.2) is 8.42 Å². The Hall–Kier alpha value is -1.56. The van der Waals surface area contributed by atoms with Crippen molar-refractivity contribution in [1.82, 2.24) is 0 Å². The van der Waals surface area contributed by atoms with Gasteiger partial charge in [0.05, 0.1) is 10.9 Å². The number of rotatable bonds is 4. The van der Waals surface area contributed by atoms with Crippen molar-refractivity contribution in [2.24, 2.45) is 0 Å². The molecule has 1 heterocycles. The molecule has 0 radical (unpaired) electrons. The van der Waals surface area contributed by atoms with Gasteiger partial charge in [0.15, 0.2) is 0 Å². The number of nitrogens with zero attached hydrogens (tertiary/aromatic N) is 1. The predicted molar refractivity (Wildman–Crippen MR) is 80.4 cm³/mol. The second-order valence-corrected chi connectivity index (χ2v) is 7.58. The van der Waals surface area contributed by atoms with Crippen molar-refractivity contribution in [2.45, 2.75) is 38.9 Å². The Kier molecular flexibility index (Phi) is 4.04. The monoisotopic (exact) mass is 296 g/mol. The largest absolute Gasteiger partial charge is 0.312 e. The molecular weight excluding hydrogens is 276 g/mol. The van der Waals surface area contributed by atoms with Crippen LogP contribution < -0.4 is 9.62 Å². The van der Waals surface area contributed by atoms with Crippen molar-refractivity contribution in [3.05, 3.63) is 23.8 Å². The molecule has 1 aliphatic rings. The molecule has 0 saturated carbocycles. The maximum absolute atomic E-state index is 11.9. The van der Waals surface area contributed by atoms with E-state index in [0.29, 0.717) is 18.7 Å². The van der Waals surface area contributed by atoms with Crippen LogP contribution >= 0.6 is 0 Å². The third kappa shape index (κ3) is 2.95. The highest BCUT2D eigenvalue weighted by Gasteiger charge is 2.24. The molecule has 1 fully saturated rings. The lowest BCUT2D eigenvalue weighted by Crippen LogP contribution is -2.25. The Morgan fingerprint density at radius 1 is 1.30 bits per heavy atom. The zero-order valence-corrected chi connectivity index (χ0v) is 12.8. The van der Waals surface area contributed by atoms with Crippen LogP contribution in [0.25, 0.3) is 0 Å². The molecule has 20 heavy (non-hydrogen) atoms. The molecule has 6 heteroatoms. The fraction of sp³-hybridized carbons (Fsp3) is 0.500. The molecule has 0 unspecified atom stereocenters. The van der Waals surface area contributed by atoms with Crippen LogP contribution in [0.2, 0.25) is 0 Å². The highest BCUT2D eigenvalue weighted by Crippen LogP contribution is 2.28. The molecule has 0 spiro atoms. The molecule has 1 amide bonds. The van der Waals surface area contributed by atoms with Gasteiger partial charge in [0.1, 0.15) is 0 Å². The van der Waals surface area contributed by atoms with Gasteiger partial charge in [0.2, 0.25) is 15.9 Å². The van der Waals surface area contributed by atoms with E-state index in [1.54, 1.807) is 30.9 Å². The van der Waals surface area contributed by atoms with Gasteiger partial charge >= 0.3 is 0 Å². The second kappa shape index (κ2) is 5.44. The smallest absolute Gasteiger partial charge is 0.235 e. The molecule has 1 aromatic carbocycles. The van der Waals surface area contributed by atoms with Crippen LogP contribution in [0.3, 0.4) is 0 Å². The van der Waals surface area contributed by atoms with Crippen LogP contribution in [0.5, 0.6) is 0 Å². The lowest BCUT2D eigenvalue weighted by molar-refractivity contribution is -0.117. The molecule has 1 aliphatic heterocycles. The number of hydrogen-bond acceptors (Lipinski definition) is 3. The number of hydrogen-bond donors (Lipinski definition) is 1. The van der Waals surface area contributed by atoms with Crippen molar-refractivity contribution < 1.29 is 13.2 Å². The van der Waals surface area contributed by atoms with Gasteiger partial charge in [-0.15, -0.1) is 0 Å². The van der Waals surface area contributed by atoms with Gasteiger partial charge in [0, 0.05) is 18.7 Å². The molecule has 110 valence electrons. The van der Waals surface area contributed by atoms with Gasteiger partial charge in [-0.3, -0.25) is 9.52 Å². The van der Waals surface area contributed by atoms with Crippen LogP contribution in [0.4, 0.5) is 11.4 Å². The molecular formula is C14H20N2O3S. The number of aryl methyl sites for hydroxylation is 1. The zero-order valence-electron chi connectivity index (χ0n) is 12.0. The van der Waals surface area contributed by atoms with Gasteiger partial charge < -0.3 is 4.90 Å². The molecule has 0 aliphatic carbocycles. The van der Waals surface area contributed by atoms with Crippen molar-refractivity contribution >= 4 is 27.3 Å². The Labute approximate surface area is 120 Å². The van der Waals surface area contributed by atoms with Gasteiger partial charge in [-0.05, 0) is 44.9 Å². The predicted octanol–water partition coefficient (Wildman–Crippen LogP) is 2.27. The minimum absolute atomic E-state index is 0.0944. The van der Waals surface area contributed by atoms with Crippen LogP contribution in [0.1, 0.15) is 32.3 Å². The van der Waals surface area contributed by atoms with E-state index in [2.05, 4.69) is 4.72 Å². The minimum Gasteiger partial charge on any atom is -0.312 e. The summed E-state index contributed by atoms with van der Waals surface area (Å²) in [5.41, 5.74) is 2.25. The van der Waals surface area contributed by atoms with E-state index in [-0.39, 0.29) is 5.91 Å². The lowest BCUT2D eigenvalue weighted by Gasteiger charge is -2.20. The number of anilines is 2. The standard InChI is InChI=1S/C14H20N2O3S/c1-10(2)20(18,19)15-12-7-6-11(3)13(9-12)16-8-4-5-14(16)17/h6-7,9-10,15H,4-5,8H2,1-3H3. The molecule has 2 rings (SSSR count). The first-order valence-corrected chi connectivity index (χ1v) is 8.28. The number of carbonyl (C=O) groups is 1. The van der Waals surface area contributed by atoms with Crippen LogP contribution in [0, 0.1) is 6.92 Å². The number of nitrogens with one attached hydrogen (secondary N) is 1. The Morgan fingerprint density at radius 3 is 2.55 bits per heavy atom. The zero-order chi connectivity index (χ0) is 14.9. The van der Waals surface area contributed by atoms with Gasteiger partial charge in [-0.2, -0.15) is 0 Å². The van der Waals surface area contributed by atoms with Crippen LogP contribution in [0.15, 0.2) is 18.2 Å². The molecule has 5 nitrogen and oxygen atoms in total. The summed E-state index contributed by atoms with van der Waals surface area (Å²) >= 11 is 0. The molecule has 1 saturated heterocycles. The topological polar surface area (TPSA) is 66.5 Å². The second-order valence-electron chi connectivity index (χ2n) is 5.35. The normalized spacial score (nSPS) is 16.0. The van der Waals surface area contributed by atoms with Crippen molar-refractivity contribution in [3.8, 4) is 0 Å². The number of sulfonamides is 1. The summed E-state index contributed by atoms with van der Waals surface area (Å²) in [6.07, 6.45) is 1.40. The minimum atomic E-state index is -3.37. The quantitative estimate of drug-likeness (QED) is 0.927. The number of amides is 1. The third-order valence-corrected chi connectivity index (χ3v) is 5.22. The summed E-state index contributed by atoms with van der Waals surface area (Å²) < 4.78 is 26.3. The average Bonchev–Trinajstić information content (AvgIpc) is 2.77. The van der Waals surface area contributed by atoms with Gasteiger partial charge in [-0.1, -0.05) is 6.07 Å². The molecule has 1 N–H and O–H groups in total. The Balaban J connectivity index is 2.32. The van der Waals surface area contributed by atoms with Gasteiger partial charge in [0.25, 0.3) is 0 Å². The van der Waals surface area contributed by atoms with E-state index in [4.69, 9.17) is 0 Å². The van der Waals surface area contributed by atoms with E-state index < -0.39 is 15.3 Å². The summed E-state index contributed by atoms with van der Waals surface area (Å²) in [7, 11) is -3.37. The first-order chi connectivity index (χ1) is 9.31. The van der Waals surface area contributed by atoms with Crippen LogP contribution in [-0.2, 0) is 14.8 Å². The highest BCUT2D eigenvalue weighted by molar-refractivity contribution is 7.93. The number of carbonyl (C=O) groups excluding carboxylic acids is 1. The summed E-state index contributed by atoms with van der Waals surface area (Å²) in [6.45, 7) is 5.87. The average molecular weight is 296 g/mol. The van der Waals surface area contributed by atoms with E-state index >= 15 is 0 Å².